The topological polar surface area (TPSA) is 71.3 Å². The zero-order valence-electron chi connectivity index (χ0n) is 14.8. The van der Waals surface area contributed by atoms with Gasteiger partial charge in [0.1, 0.15) is 5.70 Å². The van der Waals surface area contributed by atoms with Gasteiger partial charge in [0.05, 0.1) is 19.7 Å². The Morgan fingerprint density at radius 3 is 2.77 bits per heavy atom. The Morgan fingerprint density at radius 2 is 2.08 bits per heavy atom. The van der Waals surface area contributed by atoms with E-state index in [1.165, 1.54) is 12.1 Å². The predicted molar refractivity (Wildman–Crippen MR) is 105 cm³/mol. The van der Waals surface area contributed by atoms with Crippen LogP contribution in [0.3, 0.4) is 0 Å². The summed E-state index contributed by atoms with van der Waals surface area (Å²) in [7, 11) is 1.26. The summed E-state index contributed by atoms with van der Waals surface area (Å²) < 4.78 is 4.62. The van der Waals surface area contributed by atoms with Crippen molar-refractivity contribution in [2.45, 2.75) is 26.3 Å². The normalized spacial score (nSPS) is 17.9. The zero-order chi connectivity index (χ0) is 18.8. The third kappa shape index (κ3) is 5.70. The number of unbranched alkanes of at least 4 members (excludes halogenated alkanes) is 1. The molecule has 0 unspecified atom stereocenters. The van der Waals surface area contributed by atoms with Crippen LogP contribution in [0, 0.1) is 0 Å². The van der Waals surface area contributed by atoms with E-state index >= 15 is 0 Å². The van der Waals surface area contributed by atoms with Crippen LogP contribution in [0.25, 0.3) is 0 Å². The van der Waals surface area contributed by atoms with E-state index in [9.17, 15) is 9.59 Å². The van der Waals surface area contributed by atoms with Crippen molar-refractivity contribution in [1.29, 1.82) is 0 Å². The number of ether oxygens (including phenoxy) is 1. The summed E-state index contributed by atoms with van der Waals surface area (Å²) >= 11 is 0.945. The number of rotatable bonds is 7. The van der Waals surface area contributed by atoms with Crippen LogP contribution < -0.4 is 0 Å². The van der Waals surface area contributed by atoms with Crippen LogP contribution in [-0.2, 0) is 20.9 Å². The third-order valence-electron chi connectivity index (χ3n) is 3.36. The van der Waals surface area contributed by atoms with Crippen molar-refractivity contribution in [2.24, 2.45) is 10.1 Å². The molecule has 0 radical (unpaired) electrons. The van der Waals surface area contributed by atoms with Gasteiger partial charge in [-0.15, -0.1) is 0 Å². The highest BCUT2D eigenvalue weighted by Gasteiger charge is 2.33. The van der Waals surface area contributed by atoms with Crippen molar-refractivity contribution in [3.05, 3.63) is 59.8 Å². The number of thioether (sulfide) groups is 1. The minimum atomic E-state index is -0.611. The maximum absolute atomic E-state index is 12.3. The van der Waals surface area contributed by atoms with E-state index < -0.39 is 5.97 Å². The molecule has 1 aromatic rings. The molecule has 0 spiro atoms. The van der Waals surface area contributed by atoms with Crippen LogP contribution in [-0.4, -0.2) is 34.6 Å². The number of carbonyl (C=O) groups excluding carboxylic acids is 2. The summed E-state index contributed by atoms with van der Waals surface area (Å²) in [5, 5.41) is 5.79. The van der Waals surface area contributed by atoms with Crippen LogP contribution in [0.15, 0.2) is 64.4 Å². The molecule has 0 atom stereocenters. The fourth-order valence-electron chi connectivity index (χ4n) is 2.04. The van der Waals surface area contributed by atoms with Gasteiger partial charge in [0.2, 0.25) is 5.12 Å². The fraction of sp³-hybridized carbons (Fsp3) is 0.263. The van der Waals surface area contributed by atoms with E-state index in [0.717, 1.165) is 36.2 Å². The van der Waals surface area contributed by atoms with E-state index in [2.05, 4.69) is 21.8 Å². The van der Waals surface area contributed by atoms with Gasteiger partial charge in [0.25, 0.3) is 0 Å². The Kier molecular flexibility index (Phi) is 7.82. The summed E-state index contributed by atoms with van der Waals surface area (Å²) in [6.45, 7) is 2.50. The molecule has 1 fully saturated rings. The van der Waals surface area contributed by atoms with Gasteiger partial charge in [0, 0.05) is 6.21 Å². The Balaban J connectivity index is 2.25. The maximum Gasteiger partial charge on any atom is 0.332 e. The highest BCUT2D eigenvalue weighted by atomic mass is 32.2. The monoisotopic (exact) mass is 371 g/mol. The van der Waals surface area contributed by atoms with Gasteiger partial charge >= 0.3 is 5.97 Å². The summed E-state index contributed by atoms with van der Waals surface area (Å²) in [5.41, 5.74) is 1.15. The van der Waals surface area contributed by atoms with Crippen molar-refractivity contribution in [3.63, 3.8) is 0 Å². The number of nitrogens with zero attached hydrogens (tertiary/aromatic N) is 3. The maximum atomic E-state index is 12.3. The number of aliphatic imine (C=N–C) groups is 1. The molecule has 1 aliphatic heterocycles. The Hall–Kier alpha value is -2.67. The van der Waals surface area contributed by atoms with E-state index in [1.54, 1.807) is 6.21 Å². The minimum Gasteiger partial charge on any atom is -0.466 e. The first-order chi connectivity index (χ1) is 12.7. The number of benzene rings is 1. The number of hydrogen-bond donors (Lipinski definition) is 0. The molecular formula is C19H21N3O3S. The SMILES string of the molecule is CCC/C=C/C=N/N1C(=NCc2ccccc2)SC(=O)/C1=C\C(=O)OC. The summed E-state index contributed by atoms with van der Waals surface area (Å²) in [6.07, 6.45) is 8.49. The standard InChI is InChI=1S/C19H21N3O3S/c1-3-4-5-9-12-21-22-16(13-17(23)25-2)18(24)26-19(22)20-14-15-10-7-6-8-11-15/h5-13H,3-4,14H2,1-2H3/b9-5+,16-13+,20-19?,21-12+. The second kappa shape index (κ2) is 10.4. The second-order valence-corrected chi connectivity index (χ2v) is 6.26. The molecule has 0 saturated carbocycles. The number of methoxy groups -OCH3 is 1. The number of carbonyl (C=O) groups is 2. The highest BCUT2D eigenvalue weighted by molar-refractivity contribution is 8.27. The van der Waals surface area contributed by atoms with Gasteiger partial charge in [0.15, 0.2) is 5.17 Å². The number of allylic oxidation sites excluding steroid dienone is 2. The zero-order valence-corrected chi connectivity index (χ0v) is 15.6. The first kappa shape index (κ1) is 19.7. The van der Waals surface area contributed by atoms with Crippen LogP contribution in [0.2, 0.25) is 0 Å². The van der Waals surface area contributed by atoms with Crippen LogP contribution in [0.5, 0.6) is 0 Å². The summed E-state index contributed by atoms with van der Waals surface area (Å²) in [6, 6.07) is 9.70. The Bertz CT molecular complexity index is 755. The predicted octanol–water partition coefficient (Wildman–Crippen LogP) is 3.52. The highest BCUT2D eigenvalue weighted by Crippen LogP contribution is 2.29. The number of hydrazone groups is 1. The van der Waals surface area contributed by atoms with Crippen LogP contribution in [0.1, 0.15) is 25.3 Å². The van der Waals surface area contributed by atoms with Gasteiger partial charge in [-0.1, -0.05) is 49.8 Å². The molecular weight excluding hydrogens is 350 g/mol. The van der Waals surface area contributed by atoms with Gasteiger partial charge in [-0.05, 0) is 29.8 Å². The van der Waals surface area contributed by atoms with Crippen LogP contribution in [0.4, 0.5) is 0 Å². The molecule has 1 heterocycles. The van der Waals surface area contributed by atoms with Gasteiger partial charge in [-0.2, -0.15) is 5.10 Å². The smallest absolute Gasteiger partial charge is 0.332 e. The third-order valence-corrected chi connectivity index (χ3v) is 4.24. The Labute approximate surface area is 157 Å². The fourth-order valence-corrected chi connectivity index (χ4v) is 2.82. The quantitative estimate of drug-likeness (QED) is 0.417. The average Bonchev–Trinajstić information content (AvgIpc) is 2.95. The molecule has 1 aliphatic rings. The average molecular weight is 371 g/mol. The van der Waals surface area contributed by atoms with E-state index in [-0.39, 0.29) is 10.8 Å². The van der Waals surface area contributed by atoms with Gasteiger partial charge in [-0.3, -0.25) is 9.79 Å². The number of esters is 1. The summed E-state index contributed by atoms with van der Waals surface area (Å²) in [4.78, 5) is 28.3. The van der Waals surface area contributed by atoms with Crippen LogP contribution >= 0.6 is 11.8 Å². The molecule has 0 N–H and O–H groups in total. The van der Waals surface area contributed by atoms with Crippen molar-refractivity contribution < 1.29 is 14.3 Å². The minimum absolute atomic E-state index is 0.133. The molecule has 7 heteroatoms. The van der Waals surface area contributed by atoms with Gasteiger partial charge in [-0.25, -0.2) is 9.80 Å². The molecule has 0 aliphatic carbocycles. The van der Waals surface area contributed by atoms with Crippen molar-refractivity contribution in [3.8, 4) is 0 Å². The second-order valence-electron chi connectivity index (χ2n) is 5.32. The molecule has 0 bridgehead atoms. The summed E-state index contributed by atoms with van der Waals surface area (Å²) in [5.74, 6) is -0.611. The Morgan fingerprint density at radius 1 is 1.31 bits per heavy atom. The molecule has 0 aromatic heterocycles. The molecule has 6 nitrogen and oxygen atoms in total. The molecule has 1 aromatic carbocycles. The van der Waals surface area contributed by atoms with E-state index in [1.807, 2.05) is 42.5 Å². The van der Waals surface area contributed by atoms with Crippen molar-refractivity contribution in [2.75, 3.05) is 7.11 Å². The molecule has 136 valence electrons. The first-order valence-electron chi connectivity index (χ1n) is 8.25. The molecule has 26 heavy (non-hydrogen) atoms. The number of hydrogen-bond acceptors (Lipinski definition) is 6. The molecule has 2 rings (SSSR count). The van der Waals surface area contributed by atoms with Crippen molar-refractivity contribution >= 4 is 34.2 Å². The van der Waals surface area contributed by atoms with E-state index in [0.29, 0.717) is 11.7 Å². The number of amidine groups is 1. The molecule has 0 amide bonds. The lowest BCUT2D eigenvalue weighted by Gasteiger charge is -2.11. The van der Waals surface area contributed by atoms with Gasteiger partial charge < -0.3 is 4.74 Å². The lowest BCUT2D eigenvalue weighted by molar-refractivity contribution is -0.135. The first-order valence-corrected chi connectivity index (χ1v) is 9.06. The largest absolute Gasteiger partial charge is 0.466 e. The lowest BCUT2D eigenvalue weighted by Crippen LogP contribution is -2.18. The lowest BCUT2D eigenvalue weighted by atomic mass is 10.2. The van der Waals surface area contributed by atoms with E-state index in [4.69, 9.17) is 0 Å². The van der Waals surface area contributed by atoms with Crippen molar-refractivity contribution in [1.82, 2.24) is 5.01 Å². The molecule has 1 saturated heterocycles.